The number of likely N-dealkylation sites (tertiary alicyclic amines) is 1. The summed E-state index contributed by atoms with van der Waals surface area (Å²) < 4.78 is 42.3. The van der Waals surface area contributed by atoms with Crippen LogP contribution < -0.4 is 81.4 Å². The molecule has 43 heteroatoms. The SMILES string of the molecule is CCC(C)(C)[C@H](NC(=O)[C@H](NC(=O)[C@@H]1CCCN1C(=O)[C@H](Cc1ccccc1)NC(=O)[C@@H](C)NC=O)C(C)(C)C)C(=O)N[C@H](Cc1c[nH]c2ccccc12)C(=O)N[C@@H](CCCN=C(N)N)C(=O)N[C@H](CS(=O)(=O)O)C(=O)N[C@@H]1C(=O)N(C)[C@@H](CCC(N)=O)C(=O)N[C@H](CC(C)C)C(=O)N[C@@H]([C@@H](C)O)C(=O)N[C@@H](CC(N)=O)C(=O)N(C)CC(=O)O[C@@H]1C. The number of aromatic amines is 1. The molecule has 668 valence electrons. The van der Waals surface area contributed by atoms with Gasteiger partial charge in [0.15, 0.2) is 5.96 Å². The lowest BCUT2D eigenvalue weighted by molar-refractivity contribution is -0.158. The van der Waals surface area contributed by atoms with Crippen LogP contribution in [0.2, 0.25) is 0 Å². The van der Waals surface area contributed by atoms with Crippen LogP contribution >= 0.6 is 0 Å². The van der Waals surface area contributed by atoms with E-state index < -0.39 is 256 Å². The van der Waals surface area contributed by atoms with Gasteiger partial charge in [0.1, 0.15) is 96.9 Å². The number of nitrogens with zero attached hydrogens (tertiary/aromatic N) is 4. The zero-order valence-corrected chi connectivity index (χ0v) is 71.1. The Bertz CT molecular complexity index is 4400. The first-order valence-corrected chi connectivity index (χ1v) is 41.2. The van der Waals surface area contributed by atoms with Crippen molar-refractivity contribution in [3.8, 4) is 0 Å². The Morgan fingerprint density at radius 3 is 1.90 bits per heavy atom. The largest absolute Gasteiger partial charge is 0.459 e. The number of primary amides is 2. The zero-order valence-electron chi connectivity index (χ0n) is 70.3. The number of likely N-dealkylation sites (N-methyl/N-ethyl adjacent to an activating group) is 2. The lowest BCUT2D eigenvalue weighted by atomic mass is 9.80. The summed E-state index contributed by atoms with van der Waals surface area (Å²) in [6.45, 7) is 15.5. The van der Waals surface area contributed by atoms with Crippen LogP contribution in [0.1, 0.15) is 145 Å². The number of H-pyrrole nitrogens is 1. The van der Waals surface area contributed by atoms with E-state index in [2.05, 4.69) is 68.5 Å². The first-order chi connectivity index (χ1) is 56.5. The molecule has 0 saturated carbocycles. The van der Waals surface area contributed by atoms with Gasteiger partial charge in [0.2, 0.25) is 95.0 Å². The maximum atomic E-state index is 15.4. The molecule has 0 aliphatic carbocycles. The summed E-state index contributed by atoms with van der Waals surface area (Å²) in [4.78, 5) is 250. The fourth-order valence-electron chi connectivity index (χ4n) is 13.6. The number of ether oxygens (including phenoxy) is 1. The number of para-hydroxylation sites is 1. The van der Waals surface area contributed by atoms with Gasteiger partial charge in [-0.15, -0.1) is 0 Å². The number of nitrogens with two attached hydrogens (primary N) is 4. The summed E-state index contributed by atoms with van der Waals surface area (Å²) in [7, 11) is -3.45. The number of carbonyl (C=O) groups excluding carboxylic acids is 17. The second-order valence-corrected chi connectivity index (χ2v) is 34.0. The van der Waals surface area contributed by atoms with E-state index in [1.165, 1.54) is 11.8 Å². The van der Waals surface area contributed by atoms with Crippen LogP contribution in [-0.2, 0) is 109 Å². The van der Waals surface area contributed by atoms with Gasteiger partial charge in [0.25, 0.3) is 10.1 Å². The molecule has 2 aromatic carbocycles. The number of guanidine groups is 1. The van der Waals surface area contributed by atoms with Gasteiger partial charge in [0, 0.05) is 63.5 Å². The van der Waals surface area contributed by atoms with Gasteiger partial charge in [-0.2, -0.15) is 8.42 Å². The molecule has 3 aromatic rings. The van der Waals surface area contributed by atoms with Gasteiger partial charge in [-0.3, -0.25) is 91.1 Å². The van der Waals surface area contributed by atoms with Gasteiger partial charge < -0.3 is 111 Å². The van der Waals surface area contributed by atoms with Gasteiger partial charge in [-0.05, 0) is 99.7 Å². The van der Waals surface area contributed by atoms with Crippen LogP contribution in [0, 0.1) is 16.7 Å². The number of esters is 1. The van der Waals surface area contributed by atoms with E-state index in [0.29, 0.717) is 44.7 Å². The Balaban J connectivity index is 1.57. The molecule has 0 unspecified atom stereocenters. The van der Waals surface area contributed by atoms with E-state index in [1.807, 2.05) is 0 Å². The van der Waals surface area contributed by atoms with Crippen molar-refractivity contribution in [2.75, 3.05) is 39.5 Å². The Morgan fingerprint density at radius 2 is 1.31 bits per heavy atom. The maximum absolute atomic E-state index is 15.4. The summed E-state index contributed by atoms with van der Waals surface area (Å²) >= 11 is 0. The third kappa shape index (κ3) is 30.1. The number of fused-ring (bicyclic) bond motifs is 1. The fraction of sp³-hybridized carbons (Fsp3) is 0.590. The monoisotopic (exact) mass is 1720 g/mol. The van der Waals surface area contributed by atoms with E-state index in [0.717, 1.165) is 27.9 Å². The molecule has 2 saturated heterocycles. The predicted molar refractivity (Wildman–Crippen MR) is 438 cm³/mol. The standard InChI is InChI=1S/C78H118N20O22S/c1-14-78(10,11)62(95-71(112)61(77(7,8)9)94-69(110)55-27-21-31-98(55)74(115)51(33-44-22-16-15-17-23-44)89-63(104)41(4)85-39-99)72(113)88-50(34-45-36-84-47-25-19-18-24-46(45)47)65(106)86-48(26-20-30-83-76(81)82)64(105)91-53(38-121(117,118)119)67(108)93-60-43(6)120-58(103)37-96(12)73(114)52(35-57(80)102)90-70(111)59(42(5)100)92-66(107)49(32-40(2)3)87-68(109)54(28-29-56(79)101)97(13)75(60)116/h15-19,22-25,36,39-43,48-55,59-62,84,100H,14,20-21,26-35,37-38H2,1-13H3,(H2,79,101)(H2,80,102)(H,85,99)(H,86,106)(H,87,109)(H,88,113)(H,89,104)(H,90,111)(H,91,105)(H,92,107)(H,93,108)(H,94,110)(H,95,112)(H4,81,82,83)(H,117,118,119)/t41-,42-,43-,48+,49-,50-,51+,52+,53-,54+,55+,59+,60+,61+,62-/m1/s1. The van der Waals surface area contributed by atoms with Gasteiger partial charge >= 0.3 is 5.97 Å². The molecule has 2 aliphatic heterocycles. The second kappa shape index (κ2) is 45.0. The van der Waals surface area contributed by atoms with Crippen molar-refractivity contribution in [1.29, 1.82) is 0 Å². The first-order valence-electron chi connectivity index (χ1n) is 39.6. The summed E-state index contributed by atoms with van der Waals surface area (Å²) in [5, 5.41) is 38.8. The lowest BCUT2D eigenvalue weighted by Gasteiger charge is -2.38. The van der Waals surface area contributed by atoms with Crippen molar-refractivity contribution in [1.82, 2.24) is 78.2 Å². The predicted octanol–water partition coefficient (Wildman–Crippen LogP) is -4.85. The highest BCUT2D eigenvalue weighted by Gasteiger charge is 2.47. The minimum absolute atomic E-state index is 0.00636. The van der Waals surface area contributed by atoms with Crippen LogP contribution in [-0.4, -0.2) is 275 Å². The molecular weight excluding hydrogens is 1600 g/mol. The van der Waals surface area contributed by atoms with Crippen molar-refractivity contribution >= 4 is 128 Å². The smallest absolute Gasteiger partial charge is 0.325 e. The molecule has 5 rings (SSSR count). The molecule has 0 bridgehead atoms. The van der Waals surface area contributed by atoms with E-state index in [4.69, 9.17) is 27.7 Å². The highest BCUT2D eigenvalue weighted by Crippen LogP contribution is 2.29. The van der Waals surface area contributed by atoms with Crippen molar-refractivity contribution in [2.45, 2.75) is 238 Å². The van der Waals surface area contributed by atoms with Crippen molar-refractivity contribution in [3.05, 3.63) is 71.9 Å². The van der Waals surface area contributed by atoms with Gasteiger partial charge in [0.05, 0.1) is 12.5 Å². The number of amides is 16. The summed E-state index contributed by atoms with van der Waals surface area (Å²) in [5.41, 5.74) is 21.6. The number of hydrogen-bond donors (Lipinski definition) is 18. The normalized spacial score (nSPS) is 20.7. The molecule has 42 nitrogen and oxygen atoms in total. The van der Waals surface area contributed by atoms with Crippen molar-refractivity contribution < 1.29 is 104 Å². The second-order valence-electron chi connectivity index (χ2n) is 32.5. The molecule has 2 aliphatic rings. The third-order valence-corrected chi connectivity index (χ3v) is 21.5. The highest BCUT2D eigenvalue weighted by atomic mass is 32.2. The van der Waals surface area contributed by atoms with Crippen molar-refractivity contribution in [2.24, 2.45) is 44.7 Å². The van der Waals surface area contributed by atoms with Crippen LogP contribution in [0.15, 0.2) is 65.8 Å². The molecule has 3 heterocycles. The number of rotatable bonds is 37. The van der Waals surface area contributed by atoms with Gasteiger partial charge in [-0.1, -0.05) is 104 Å². The first kappa shape index (κ1) is 99.7. The van der Waals surface area contributed by atoms with Crippen LogP contribution in [0.3, 0.4) is 0 Å². The average molecular weight is 1720 g/mol. The Kier molecular flexibility index (Phi) is 37.0. The number of carbonyl (C=O) groups is 17. The number of cyclic esters (lactones) is 1. The number of hydrogen-bond acceptors (Lipinski definition) is 22. The number of aliphatic hydroxyl groups excluding tert-OH is 1. The zero-order chi connectivity index (χ0) is 90.9. The minimum atomic E-state index is -5.44. The Morgan fingerprint density at radius 1 is 0.702 bits per heavy atom. The highest BCUT2D eigenvalue weighted by molar-refractivity contribution is 7.85. The topological polar surface area (TPSA) is 648 Å². The average Bonchev–Trinajstić information content (AvgIpc) is 1.79. The van der Waals surface area contributed by atoms with Crippen molar-refractivity contribution in [3.63, 3.8) is 0 Å². The summed E-state index contributed by atoms with van der Waals surface area (Å²) in [6, 6.07) is -6.54. The molecule has 2 fully saturated rings. The number of benzene rings is 2. The molecule has 22 N–H and O–H groups in total. The maximum Gasteiger partial charge on any atom is 0.325 e. The quantitative estimate of drug-likeness (QED) is 0.00643. The summed E-state index contributed by atoms with van der Waals surface area (Å²) in [6.07, 6.45) is -4.56. The number of nitrogens with one attached hydrogen (secondary N) is 12. The Hall–Kier alpha value is -11.9. The number of aliphatic imine (C=N–C) groups is 1. The number of aliphatic hydroxyl groups is 1. The molecule has 0 radical (unpaired) electrons. The molecule has 1 aromatic heterocycles. The van der Waals surface area contributed by atoms with Crippen LogP contribution in [0.4, 0.5) is 0 Å². The number of aromatic nitrogens is 1. The fourth-order valence-corrected chi connectivity index (χ4v) is 14.3. The van der Waals surface area contributed by atoms with E-state index >= 15 is 28.8 Å². The molecule has 15 atom stereocenters. The van der Waals surface area contributed by atoms with Crippen LogP contribution in [0.25, 0.3) is 10.9 Å². The third-order valence-electron chi connectivity index (χ3n) is 20.7. The lowest BCUT2D eigenvalue weighted by Crippen LogP contribution is -2.64. The molecule has 121 heavy (non-hydrogen) atoms. The molecule has 0 spiro atoms. The minimum Gasteiger partial charge on any atom is -0.459 e. The molecular formula is C78H118N20O22S. The Labute approximate surface area is 701 Å². The summed E-state index contributed by atoms with van der Waals surface area (Å²) in [5.74, 6) is -20.3. The van der Waals surface area contributed by atoms with E-state index in [1.54, 1.807) is 116 Å². The van der Waals surface area contributed by atoms with Gasteiger partial charge in [-0.25, -0.2) is 0 Å². The van der Waals surface area contributed by atoms with E-state index in [-0.39, 0.29) is 51.6 Å². The van der Waals surface area contributed by atoms with E-state index in [9.17, 15) is 70.8 Å². The molecule has 16 amide bonds. The van der Waals surface area contributed by atoms with Crippen LogP contribution in [0.5, 0.6) is 0 Å².